The van der Waals surface area contributed by atoms with Crippen LogP contribution in [-0.4, -0.2) is 87.6 Å². The Morgan fingerprint density at radius 3 is 1.39 bits per heavy atom. The Kier molecular flexibility index (Phi) is 27.6. The van der Waals surface area contributed by atoms with Crippen molar-refractivity contribution in [3.8, 4) is 0 Å². The molecule has 0 aliphatic rings. The second-order valence-electron chi connectivity index (χ2n) is 8.37. The third kappa shape index (κ3) is 25.9. The van der Waals surface area contributed by atoms with Gasteiger partial charge >= 0.3 is 0 Å². The summed E-state index contributed by atoms with van der Waals surface area (Å²) in [5.74, 6) is 0. The molecule has 0 saturated carbocycles. The Hall–Kier alpha value is -0.240. The van der Waals surface area contributed by atoms with Gasteiger partial charge in [0.05, 0.1) is 52.9 Å². The zero-order chi connectivity index (χ0) is 22.7. The van der Waals surface area contributed by atoms with Gasteiger partial charge in [-0.3, -0.25) is 4.90 Å². The van der Waals surface area contributed by atoms with Crippen molar-refractivity contribution in [2.24, 2.45) is 0 Å². The first-order chi connectivity index (χ1) is 15.3. The molecule has 0 amide bonds. The number of rotatable bonds is 27. The second kappa shape index (κ2) is 27.8. The van der Waals surface area contributed by atoms with Crippen LogP contribution in [0.1, 0.15) is 90.4 Å². The molecule has 6 heteroatoms. The Morgan fingerprint density at radius 2 is 0.903 bits per heavy atom. The highest BCUT2D eigenvalue weighted by atomic mass is 16.5. The molecule has 2 N–H and O–H groups in total. The fourth-order valence-corrected chi connectivity index (χ4v) is 3.63. The maximum atomic E-state index is 9.27. The van der Waals surface area contributed by atoms with Crippen LogP contribution < -0.4 is 0 Å². The molecule has 0 aromatic rings. The van der Waals surface area contributed by atoms with Gasteiger partial charge in [0.15, 0.2) is 0 Å². The zero-order valence-corrected chi connectivity index (χ0v) is 20.5. The average Bonchev–Trinajstić information content (AvgIpc) is 2.78. The van der Waals surface area contributed by atoms with E-state index in [0.29, 0.717) is 39.6 Å². The number of unbranched alkanes of at least 4 members (excludes halogenated alkanes) is 12. The number of aliphatic hydroxyl groups is 2. The van der Waals surface area contributed by atoms with Gasteiger partial charge in [-0.05, 0) is 13.0 Å². The predicted octanol–water partition coefficient (Wildman–Crippen LogP) is 4.41. The predicted molar refractivity (Wildman–Crippen MR) is 129 cm³/mol. The van der Waals surface area contributed by atoms with E-state index in [0.717, 1.165) is 19.6 Å². The first-order valence-corrected chi connectivity index (χ1v) is 13.0. The van der Waals surface area contributed by atoms with Gasteiger partial charge in [0.25, 0.3) is 0 Å². The van der Waals surface area contributed by atoms with E-state index in [-0.39, 0.29) is 13.2 Å². The largest absolute Gasteiger partial charge is 0.395 e. The summed E-state index contributed by atoms with van der Waals surface area (Å²) in [6.45, 7) is 8.35. The van der Waals surface area contributed by atoms with Gasteiger partial charge in [-0.15, -0.1) is 0 Å². The number of ether oxygens (including phenoxy) is 3. The number of hydrogen-bond donors (Lipinski definition) is 2. The van der Waals surface area contributed by atoms with E-state index in [2.05, 4.69) is 11.8 Å². The van der Waals surface area contributed by atoms with Gasteiger partial charge in [0.2, 0.25) is 0 Å². The summed E-state index contributed by atoms with van der Waals surface area (Å²) in [7, 11) is 0. The van der Waals surface area contributed by atoms with E-state index in [1.165, 1.54) is 83.5 Å². The quantitative estimate of drug-likeness (QED) is 0.182. The molecule has 31 heavy (non-hydrogen) atoms. The molecule has 188 valence electrons. The molecule has 0 aliphatic carbocycles. The molecule has 0 unspecified atom stereocenters. The lowest BCUT2D eigenvalue weighted by atomic mass is 10.0. The van der Waals surface area contributed by atoms with E-state index in [1.807, 2.05) is 0 Å². The van der Waals surface area contributed by atoms with Gasteiger partial charge in [-0.2, -0.15) is 0 Å². The molecule has 0 bridgehead atoms. The molecule has 0 aromatic carbocycles. The lowest BCUT2D eigenvalue weighted by Crippen LogP contribution is -2.31. The van der Waals surface area contributed by atoms with Crippen molar-refractivity contribution in [2.45, 2.75) is 90.4 Å². The number of nitrogens with zero attached hydrogens (tertiary/aromatic N) is 1. The van der Waals surface area contributed by atoms with Crippen molar-refractivity contribution < 1.29 is 24.4 Å². The van der Waals surface area contributed by atoms with Gasteiger partial charge in [-0.1, -0.05) is 84.0 Å². The standard InChI is InChI=1S/C25H53NO5/c1-2-3-4-5-6-7-8-9-10-11-12-13-14-15-26(16-18-27)17-20-29-22-24-31-25-23-30-21-19-28/h27-28H,2-25H2,1H3. The van der Waals surface area contributed by atoms with Crippen molar-refractivity contribution >= 4 is 0 Å². The highest BCUT2D eigenvalue weighted by molar-refractivity contribution is 4.58. The SMILES string of the molecule is CCCCCCCCCCCCCCCN(CCO)CCOCCOCCOCCO. The molecule has 0 atom stereocenters. The first kappa shape index (κ1) is 30.8. The monoisotopic (exact) mass is 447 g/mol. The minimum Gasteiger partial charge on any atom is -0.395 e. The van der Waals surface area contributed by atoms with E-state index < -0.39 is 0 Å². The molecule has 0 heterocycles. The Balaban J connectivity index is 3.38. The molecular formula is C25H53NO5. The smallest absolute Gasteiger partial charge is 0.0701 e. The molecule has 0 fully saturated rings. The van der Waals surface area contributed by atoms with Crippen molar-refractivity contribution in [1.29, 1.82) is 0 Å². The highest BCUT2D eigenvalue weighted by Crippen LogP contribution is 2.12. The Labute approximate surface area is 192 Å². The van der Waals surface area contributed by atoms with E-state index >= 15 is 0 Å². The lowest BCUT2D eigenvalue weighted by molar-refractivity contribution is 0.00405. The zero-order valence-electron chi connectivity index (χ0n) is 20.5. The molecule has 0 saturated heterocycles. The van der Waals surface area contributed by atoms with Crippen LogP contribution in [0.4, 0.5) is 0 Å². The third-order valence-electron chi connectivity index (χ3n) is 5.53. The summed E-state index contributed by atoms with van der Waals surface area (Å²) >= 11 is 0. The van der Waals surface area contributed by atoms with Crippen LogP contribution in [0, 0.1) is 0 Å². The van der Waals surface area contributed by atoms with Crippen LogP contribution >= 0.6 is 0 Å². The summed E-state index contributed by atoms with van der Waals surface area (Å²) in [6, 6.07) is 0. The molecule has 0 rings (SSSR count). The van der Waals surface area contributed by atoms with E-state index in [1.54, 1.807) is 0 Å². The van der Waals surface area contributed by atoms with E-state index in [9.17, 15) is 5.11 Å². The Morgan fingerprint density at radius 1 is 0.452 bits per heavy atom. The van der Waals surface area contributed by atoms with Crippen LogP contribution in [0.5, 0.6) is 0 Å². The van der Waals surface area contributed by atoms with Crippen LogP contribution in [0.25, 0.3) is 0 Å². The second-order valence-corrected chi connectivity index (χ2v) is 8.37. The first-order valence-electron chi connectivity index (χ1n) is 13.0. The Bertz CT molecular complexity index is 320. The van der Waals surface area contributed by atoms with Crippen LogP contribution in [0.15, 0.2) is 0 Å². The van der Waals surface area contributed by atoms with Crippen LogP contribution in [0.3, 0.4) is 0 Å². The summed E-state index contributed by atoms with van der Waals surface area (Å²) < 4.78 is 16.2. The van der Waals surface area contributed by atoms with Crippen molar-refractivity contribution in [2.75, 3.05) is 72.5 Å². The summed E-state index contributed by atoms with van der Waals surface area (Å²) in [5, 5.41) is 17.9. The van der Waals surface area contributed by atoms with Crippen molar-refractivity contribution in [1.82, 2.24) is 4.90 Å². The molecule has 0 radical (unpaired) electrons. The van der Waals surface area contributed by atoms with Gasteiger partial charge in [0.1, 0.15) is 0 Å². The summed E-state index contributed by atoms with van der Waals surface area (Å²) in [6.07, 6.45) is 17.8. The molecule has 0 aliphatic heterocycles. The number of aliphatic hydroxyl groups excluding tert-OH is 2. The van der Waals surface area contributed by atoms with Crippen LogP contribution in [0.2, 0.25) is 0 Å². The van der Waals surface area contributed by atoms with Crippen molar-refractivity contribution in [3.05, 3.63) is 0 Å². The minimum absolute atomic E-state index is 0.0484. The molecule has 6 nitrogen and oxygen atoms in total. The minimum atomic E-state index is 0.0484. The summed E-state index contributed by atoms with van der Waals surface area (Å²) in [5.41, 5.74) is 0. The van der Waals surface area contributed by atoms with Crippen LogP contribution in [-0.2, 0) is 14.2 Å². The average molecular weight is 448 g/mol. The number of hydrogen-bond acceptors (Lipinski definition) is 6. The molecule has 0 aromatic heterocycles. The fourth-order valence-electron chi connectivity index (χ4n) is 3.63. The van der Waals surface area contributed by atoms with Gasteiger partial charge in [0, 0.05) is 13.1 Å². The maximum Gasteiger partial charge on any atom is 0.0701 e. The van der Waals surface area contributed by atoms with Gasteiger partial charge < -0.3 is 24.4 Å². The molecule has 0 spiro atoms. The van der Waals surface area contributed by atoms with Gasteiger partial charge in [-0.25, -0.2) is 0 Å². The highest BCUT2D eigenvalue weighted by Gasteiger charge is 2.04. The normalized spacial score (nSPS) is 11.6. The fraction of sp³-hybridized carbons (Fsp3) is 1.00. The third-order valence-corrected chi connectivity index (χ3v) is 5.53. The molecular weight excluding hydrogens is 394 g/mol. The lowest BCUT2D eigenvalue weighted by Gasteiger charge is -2.21. The topological polar surface area (TPSA) is 71.4 Å². The summed E-state index contributed by atoms with van der Waals surface area (Å²) in [4.78, 5) is 2.29. The maximum absolute atomic E-state index is 9.27. The van der Waals surface area contributed by atoms with Crippen molar-refractivity contribution in [3.63, 3.8) is 0 Å². The van der Waals surface area contributed by atoms with E-state index in [4.69, 9.17) is 19.3 Å².